The lowest BCUT2D eigenvalue weighted by Gasteiger charge is -2.07. The maximum Gasteiger partial charge on any atom is 0.227 e. The monoisotopic (exact) mass is 480 g/mol. The molecule has 5 aromatic rings. The number of aromatic nitrogens is 1. The van der Waals surface area contributed by atoms with Gasteiger partial charge in [0.25, 0.3) is 0 Å². The number of carbonyl (C=O) groups excluding carboxylic acids is 2. The second-order valence-electron chi connectivity index (χ2n) is 10.1. The number of pyridine rings is 1. The third-order valence-corrected chi connectivity index (χ3v) is 8.00. The summed E-state index contributed by atoms with van der Waals surface area (Å²) in [5.41, 5.74) is 7.63. The second-order valence-corrected chi connectivity index (χ2v) is 10.1. The van der Waals surface area contributed by atoms with Crippen molar-refractivity contribution in [1.82, 2.24) is 0 Å². The predicted octanol–water partition coefficient (Wildman–Crippen LogP) is 6.26. The topological polar surface area (TPSA) is 38.0 Å². The third kappa shape index (κ3) is 3.70. The van der Waals surface area contributed by atoms with Crippen LogP contribution in [0.15, 0.2) is 91.3 Å². The van der Waals surface area contributed by atoms with E-state index in [9.17, 15) is 9.59 Å². The first-order valence-electron chi connectivity index (χ1n) is 13.0. The normalized spacial score (nSPS) is 13.7. The Balaban J connectivity index is 1.08. The summed E-state index contributed by atoms with van der Waals surface area (Å²) in [7, 11) is 0. The van der Waals surface area contributed by atoms with Gasteiger partial charge in [0.15, 0.2) is 18.2 Å². The highest BCUT2D eigenvalue weighted by Crippen LogP contribution is 2.34. The van der Waals surface area contributed by atoms with Crippen LogP contribution in [0.2, 0.25) is 0 Å². The fourth-order valence-electron chi connectivity index (χ4n) is 6.22. The maximum atomic E-state index is 13.2. The molecular weight excluding hydrogens is 454 g/mol. The number of benzene rings is 4. The number of hydrogen-bond donors (Lipinski definition) is 0. The van der Waals surface area contributed by atoms with Crippen LogP contribution in [-0.4, -0.2) is 11.6 Å². The van der Waals surface area contributed by atoms with Crippen molar-refractivity contribution in [1.29, 1.82) is 0 Å². The summed E-state index contributed by atoms with van der Waals surface area (Å²) in [6.07, 6.45) is 11.2. The van der Waals surface area contributed by atoms with Crippen LogP contribution in [0.25, 0.3) is 27.6 Å². The molecule has 0 saturated heterocycles. The quantitative estimate of drug-likeness (QED) is 0.164. The molecule has 7 rings (SSSR count). The fraction of sp³-hybridized carbons (Fsp3) is 0.147. The minimum Gasteiger partial charge on any atom is -0.289 e. The molecule has 2 aliphatic carbocycles. The van der Waals surface area contributed by atoms with Gasteiger partial charge in [-0.1, -0.05) is 66.7 Å². The van der Waals surface area contributed by atoms with Gasteiger partial charge < -0.3 is 0 Å². The lowest BCUT2D eigenvalue weighted by molar-refractivity contribution is -0.683. The first-order chi connectivity index (χ1) is 18.2. The Kier molecular flexibility index (Phi) is 5.10. The van der Waals surface area contributed by atoms with E-state index in [0.29, 0.717) is 6.54 Å². The van der Waals surface area contributed by atoms with E-state index in [1.165, 1.54) is 43.8 Å². The zero-order chi connectivity index (χ0) is 24.9. The second kappa shape index (κ2) is 8.63. The summed E-state index contributed by atoms with van der Waals surface area (Å²) in [5, 5.41) is 4.96. The van der Waals surface area contributed by atoms with Crippen molar-refractivity contribution in [3.63, 3.8) is 0 Å². The van der Waals surface area contributed by atoms with Crippen LogP contribution in [-0.2, 0) is 32.2 Å². The molecule has 0 bridgehead atoms. The van der Waals surface area contributed by atoms with Crippen molar-refractivity contribution in [2.24, 2.45) is 0 Å². The average Bonchev–Trinajstić information content (AvgIpc) is 3.56. The van der Waals surface area contributed by atoms with Crippen LogP contribution in [0, 0.1) is 0 Å². The Morgan fingerprint density at radius 3 is 1.92 bits per heavy atom. The molecule has 0 unspecified atom stereocenters. The van der Waals surface area contributed by atoms with Gasteiger partial charge in [-0.05, 0) is 81.1 Å². The summed E-state index contributed by atoms with van der Waals surface area (Å²) in [4.78, 5) is 26.3. The molecule has 0 saturated carbocycles. The van der Waals surface area contributed by atoms with Crippen molar-refractivity contribution in [3.8, 4) is 0 Å². The molecule has 1 heterocycles. The highest BCUT2D eigenvalue weighted by Gasteiger charge is 2.23. The van der Waals surface area contributed by atoms with E-state index in [4.69, 9.17) is 0 Å². The Morgan fingerprint density at radius 2 is 1.27 bits per heavy atom. The Labute approximate surface area is 215 Å². The molecule has 0 aliphatic heterocycles. The molecule has 3 heteroatoms. The van der Waals surface area contributed by atoms with Crippen LogP contribution in [0.5, 0.6) is 0 Å². The fourth-order valence-corrected chi connectivity index (χ4v) is 6.22. The van der Waals surface area contributed by atoms with E-state index >= 15 is 0 Å². The molecular formula is C34H26NO2+. The SMILES string of the molecule is O=C(C=Cc1cc[n+](CC(=O)c2ccc3cccc4c3c2CC4)cc1)c1ccc2cccc3c2c1CC3. The average molecular weight is 481 g/mol. The molecule has 0 atom stereocenters. The van der Waals surface area contributed by atoms with Crippen LogP contribution < -0.4 is 4.57 Å². The summed E-state index contributed by atoms with van der Waals surface area (Å²) in [5.74, 6) is 0.167. The van der Waals surface area contributed by atoms with Crippen molar-refractivity contribution in [2.45, 2.75) is 32.2 Å². The summed E-state index contributed by atoms with van der Waals surface area (Å²) >= 11 is 0. The number of allylic oxidation sites excluding steroid dienone is 1. The van der Waals surface area contributed by atoms with Gasteiger partial charge in [0.2, 0.25) is 12.3 Å². The van der Waals surface area contributed by atoms with Gasteiger partial charge in [-0.25, -0.2) is 0 Å². The molecule has 178 valence electrons. The van der Waals surface area contributed by atoms with E-state index in [1.807, 2.05) is 47.3 Å². The highest BCUT2D eigenvalue weighted by molar-refractivity contribution is 6.11. The minimum atomic E-state index is 0.0363. The highest BCUT2D eigenvalue weighted by atomic mass is 16.1. The molecule has 2 aliphatic rings. The molecule has 4 aromatic carbocycles. The first-order valence-corrected chi connectivity index (χ1v) is 13.0. The Morgan fingerprint density at radius 1 is 0.676 bits per heavy atom. The third-order valence-electron chi connectivity index (χ3n) is 8.00. The Hall–Kier alpha value is -4.37. The number of hydrogen-bond acceptors (Lipinski definition) is 2. The number of nitrogens with zero attached hydrogens (tertiary/aromatic N) is 1. The van der Waals surface area contributed by atoms with Gasteiger partial charge in [-0.2, -0.15) is 4.57 Å². The van der Waals surface area contributed by atoms with Gasteiger partial charge >= 0.3 is 0 Å². The molecule has 0 fully saturated rings. The lowest BCUT2D eigenvalue weighted by atomic mass is 9.97. The number of carbonyl (C=O) groups is 2. The van der Waals surface area contributed by atoms with Gasteiger partial charge in [-0.15, -0.1) is 0 Å². The number of aryl methyl sites for hydroxylation is 4. The zero-order valence-electron chi connectivity index (χ0n) is 20.5. The van der Waals surface area contributed by atoms with Gasteiger partial charge in [0.1, 0.15) is 0 Å². The van der Waals surface area contributed by atoms with Crippen LogP contribution >= 0.6 is 0 Å². The van der Waals surface area contributed by atoms with Gasteiger partial charge in [0, 0.05) is 23.3 Å². The predicted molar refractivity (Wildman–Crippen MR) is 147 cm³/mol. The summed E-state index contributed by atoms with van der Waals surface area (Å²) in [6, 6.07) is 24.7. The summed E-state index contributed by atoms with van der Waals surface area (Å²) in [6.45, 7) is 0.298. The van der Waals surface area contributed by atoms with Crippen molar-refractivity contribution >= 4 is 39.2 Å². The molecule has 0 radical (unpaired) electrons. The zero-order valence-corrected chi connectivity index (χ0v) is 20.5. The van der Waals surface area contributed by atoms with Crippen molar-refractivity contribution in [2.75, 3.05) is 0 Å². The van der Waals surface area contributed by atoms with E-state index in [0.717, 1.165) is 42.4 Å². The smallest absolute Gasteiger partial charge is 0.227 e. The van der Waals surface area contributed by atoms with E-state index < -0.39 is 0 Å². The number of ketones is 2. The molecule has 0 spiro atoms. The van der Waals surface area contributed by atoms with Gasteiger partial charge in [-0.3, -0.25) is 9.59 Å². The van der Waals surface area contributed by atoms with Crippen molar-refractivity contribution in [3.05, 3.63) is 130 Å². The van der Waals surface area contributed by atoms with Crippen LogP contribution in [0.4, 0.5) is 0 Å². The number of Topliss-reactive ketones (excluding diaryl/α,β-unsaturated/α-hetero) is 1. The Bertz CT molecular complexity index is 1780. The lowest BCUT2D eigenvalue weighted by Crippen LogP contribution is -2.37. The first kappa shape index (κ1) is 21.9. The number of rotatable bonds is 6. The maximum absolute atomic E-state index is 13.2. The van der Waals surface area contributed by atoms with Crippen LogP contribution in [0.3, 0.4) is 0 Å². The van der Waals surface area contributed by atoms with Crippen LogP contribution in [0.1, 0.15) is 48.5 Å². The minimum absolute atomic E-state index is 0.0363. The van der Waals surface area contributed by atoms with Crippen molar-refractivity contribution < 1.29 is 14.2 Å². The molecule has 0 N–H and O–H groups in total. The molecule has 37 heavy (non-hydrogen) atoms. The van der Waals surface area contributed by atoms with E-state index in [-0.39, 0.29) is 11.6 Å². The standard InChI is InChI=1S/C34H26NO2/c36-31(27-12-8-23-3-1-5-25-10-14-29(27)33(23)25)16-7-22-17-19-35(20-18-22)21-32(37)28-13-9-24-4-2-6-26-11-15-30(28)34(24)26/h1-9,12-13,16-20H,10-11,14-15,21H2/q+1. The molecule has 3 nitrogen and oxygen atoms in total. The largest absolute Gasteiger partial charge is 0.289 e. The van der Waals surface area contributed by atoms with E-state index in [2.05, 4.69) is 48.5 Å². The molecule has 0 amide bonds. The van der Waals surface area contributed by atoms with Gasteiger partial charge in [0.05, 0.1) is 0 Å². The summed E-state index contributed by atoms with van der Waals surface area (Å²) < 4.78 is 1.91. The van der Waals surface area contributed by atoms with E-state index in [1.54, 1.807) is 6.08 Å². The molecule has 1 aromatic heterocycles.